The Kier molecular flexibility index (Phi) is 2.61. The van der Waals surface area contributed by atoms with Crippen molar-refractivity contribution in [2.75, 3.05) is 0 Å². The molecule has 1 aliphatic rings. The molecule has 1 aromatic carbocycles. The zero-order chi connectivity index (χ0) is 12.7. The number of nitriles is 1. The van der Waals surface area contributed by atoms with E-state index in [2.05, 4.69) is 0 Å². The Labute approximate surface area is 95.7 Å². The van der Waals surface area contributed by atoms with Crippen LogP contribution in [-0.2, 0) is 11.6 Å². The summed E-state index contributed by atoms with van der Waals surface area (Å²) in [7, 11) is 0. The Hall–Kier alpha value is -1.57. The van der Waals surface area contributed by atoms with Crippen LogP contribution in [0.2, 0.25) is 0 Å². The summed E-state index contributed by atoms with van der Waals surface area (Å²) in [5.74, 6) is -0.937. The number of benzene rings is 1. The van der Waals surface area contributed by atoms with E-state index in [9.17, 15) is 17.6 Å². The van der Waals surface area contributed by atoms with Crippen molar-refractivity contribution in [2.45, 2.75) is 30.9 Å². The molecule has 0 amide bonds. The van der Waals surface area contributed by atoms with Crippen LogP contribution in [0.5, 0.6) is 0 Å². The Bertz CT molecular complexity index is 480. The fraction of sp³-hybridized carbons (Fsp3) is 0.417. The second-order valence-electron chi connectivity index (χ2n) is 4.24. The lowest BCUT2D eigenvalue weighted by atomic mass is 9.64. The van der Waals surface area contributed by atoms with Gasteiger partial charge < -0.3 is 0 Å². The average Bonchev–Trinajstić information content (AvgIpc) is 2.17. The van der Waals surface area contributed by atoms with E-state index in [4.69, 9.17) is 5.26 Å². The maximum absolute atomic E-state index is 12.9. The molecule has 1 saturated carbocycles. The van der Waals surface area contributed by atoms with Gasteiger partial charge in [0.25, 0.3) is 0 Å². The van der Waals surface area contributed by atoms with Gasteiger partial charge in [0, 0.05) is 0 Å². The van der Waals surface area contributed by atoms with Crippen LogP contribution in [0.1, 0.15) is 30.4 Å². The minimum absolute atomic E-state index is 0.0971. The van der Waals surface area contributed by atoms with Crippen LogP contribution in [-0.4, -0.2) is 0 Å². The van der Waals surface area contributed by atoms with Gasteiger partial charge in [0.2, 0.25) is 0 Å². The van der Waals surface area contributed by atoms with E-state index in [1.165, 1.54) is 0 Å². The second-order valence-corrected chi connectivity index (χ2v) is 4.24. The highest BCUT2D eigenvalue weighted by Crippen LogP contribution is 2.47. The smallest absolute Gasteiger partial charge is 0.207 e. The largest absolute Gasteiger partial charge is 0.416 e. The van der Waals surface area contributed by atoms with Crippen molar-refractivity contribution in [1.29, 1.82) is 5.26 Å². The molecule has 17 heavy (non-hydrogen) atoms. The topological polar surface area (TPSA) is 23.8 Å². The number of hydrogen-bond acceptors (Lipinski definition) is 1. The molecule has 0 radical (unpaired) electrons. The lowest BCUT2D eigenvalue weighted by molar-refractivity contribution is -0.139. The minimum atomic E-state index is -4.63. The number of hydrogen-bond donors (Lipinski definition) is 0. The summed E-state index contributed by atoms with van der Waals surface area (Å²) in [5.41, 5.74) is -2.21. The van der Waals surface area contributed by atoms with E-state index in [1.54, 1.807) is 0 Å². The van der Waals surface area contributed by atoms with Crippen LogP contribution in [0.3, 0.4) is 0 Å². The summed E-state index contributed by atoms with van der Waals surface area (Å²) in [5, 5.41) is 9.04. The van der Waals surface area contributed by atoms with E-state index in [0.717, 1.165) is 18.6 Å². The molecule has 1 aromatic rings. The SMILES string of the molecule is N#CC1(c2ccc(F)cc2C(F)(F)F)CCC1. The maximum atomic E-state index is 12.9. The molecule has 1 aliphatic carbocycles. The summed E-state index contributed by atoms with van der Waals surface area (Å²) < 4.78 is 51.2. The molecule has 5 heteroatoms. The number of alkyl halides is 3. The second kappa shape index (κ2) is 3.73. The molecule has 0 aromatic heterocycles. The third kappa shape index (κ3) is 1.88. The van der Waals surface area contributed by atoms with E-state index >= 15 is 0 Å². The normalized spacial score (nSPS) is 18.3. The van der Waals surface area contributed by atoms with Gasteiger partial charge in [0.05, 0.1) is 17.0 Å². The van der Waals surface area contributed by atoms with Gasteiger partial charge in [-0.1, -0.05) is 6.07 Å². The van der Waals surface area contributed by atoms with Crippen molar-refractivity contribution in [3.05, 3.63) is 35.1 Å². The highest BCUT2D eigenvalue weighted by Gasteiger charge is 2.45. The monoisotopic (exact) mass is 243 g/mol. The van der Waals surface area contributed by atoms with E-state index in [1.807, 2.05) is 6.07 Å². The molecule has 90 valence electrons. The van der Waals surface area contributed by atoms with Gasteiger partial charge in [-0.2, -0.15) is 18.4 Å². The third-order valence-corrected chi connectivity index (χ3v) is 3.22. The standard InChI is InChI=1S/C12H9F4N/c13-8-2-3-9(10(6-8)12(14,15)16)11(7-17)4-1-5-11/h2-3,6H,1,4-5H2. The van der Waals surface area contributed by atoms with Crippen LogP contribution < -0.4 is 0 Å². The first-order chi connectivity index (χ1) is 7.89. The van der Waals surface area contributed by atoms with Crippen LogP contribution >= 0.6 is 0 Å². The van der Waals surface area contributed by atoms with Crippen molar-refractivity contribution in [3.63, 3.8) is 0 Å². The first-order valence-corrected chi connectivity index (χ1v) is 5.17. The molecule has 0 heterocycles. The molecule has 0 saturated heterocycles. The molecule has 0 N–H and O–H groups in total. The summed E-state index contributed by atoms with van der Waals surface area (Å²) in [6, 6.07) is 4.46. The molecular formula is C12H9F4N. The lowest BCUT2D eigenvalue weighted by Crippen LogP contribution is -2.34. The van der Waals surface area contributed by atoms with Gasteiger partial charge in [-0.15, -0.1) is 0 Å². The summed E-state index contributed by atoms with van der Waals surface area (Å²) in [6.45, 7) is 0. The molecule has 0 atom stereocenters. The van der Waals surface area contributed by atoms with Gasteiger partial charge in [-0.05, 0) is 37.0 Å². The van der Waals surface area contributed by atoms with Crippen LogP contribution in [0.4, 0.5) is 17.6 Å². The predicted octanol–water partition coefficient (Wildman–Crippen LogP) is 3.79. The van der Waals surface area contributed by atoms with Crippen molar-refractivity contribution >= 4 is 0 Å². The number of halogens is 4. The fourth-order valence-corrected chi connectivity index (χ4v) is 2.14. The minimum Gasteiger partial charge on any atom is -0.207 e. The Morgan fingerprint density at radius 3 is 2.29 bits per heavy atom. The summed E-state index contributed by atoms with van der Waals surface area (Å²) >= 11 is 0. The number of rotatable bonds is 1. The Morgan fingerprint density at radius 2 is 1.88 bits per heavy atom. The van der Waals surface area contributed by atoms with Crippen LogP contribution in [0.15, 0.2) is 18.2 Å². The fourth-order valence-electron chi connectivity index (χ4n) is 2.14. The lowest BCUT2D eigenvalue weighted by Gasteiger charge is -2.37. The molecular weight excluding hydrogens is 234 g/mol. The summed E-state index contributed by atoms with van der Waals surface area (Å²) in [4.78, 5) is 0. The zero-order valence-electron chi connectivity index (χ0n) is 8.81. The third-order valence-electron chi connectivity index (χ3n) is 3.22. The molecule has 2 rings (SSSR count). The van der Waals surface area contributed by atoms with Crippen molar-refractivity contribution in [1.82, 2.24) is 0 Å². The van der Waals surface area contributed by atoms with Gasteiger partial charge in [0.1, 0.15) is 5.82 Å². The van der Waals surface area contributed by atoms with Gasteiger partial charge in [-0.25, -0.2) is 4.39 Å². The molecule has 0 bridgehead atoms. The molecule has 0 spiro atoms. The molecule has 0 aliphatic heterocycles. The molecule has 1 nitrogen and oxygen atoms in total. The van der Waals surface area contributed by atoms with Crippen molar-refractivity contribution in [2.24, 2.45) is 0 Å². The average molecular weight is 243 g/mol. The quantitative estimate of drug-likeness (QED) is 0.688. The van der Waals surface area contributed by atoms with E-state index < -0.39 is 23.0 Å². The van der Waals surface area contributed by atoms with Crippen LogP contribution in [0, 0.1) is 17.1 Å². The van der Waals surface area contributed by atoms with E-state index in [-0.39, 0.29) is 5.56 Å². The first-order valence-electron chi connectivity index (χ1n) is 5.17. The van der Waals surface area contributed by atoms with Crippen molar-refractivity contribution in [3.8, 4) is 6.07 Å². The Balaban J connectivity index is 2.59. The van der Waals surface area contributed by atoms with Gasteiger partial charge in [-0.3, -0.25) is 0 Å². The molecule has 1 fully saturated rings. The number of nitrogens with zero attached hydrogens (tertiary/aromatic N) is 1. The van der Waals surface area contributed by atoms with Crippen molar-refractivity contribution < 1.29 is 17.6 Å². The predicted molar refractivity (Wildman–Crippen MR) is 52.5 cm³/mol. The maximum Gasteiger partial charge on any atom is 0.416 e. The van der Waals surface area contributed by atoms with Crippen LogP contribution in [0.25, 0.3) is 0 Å². The highest BCUT2D eigenvalue weighted by molar-refractivity contribution is 5.43. The first kappa shape index (κ1) is 11.9. The van der Waals surface area contributed by atoms with E-state index in [0.29, 0.717) is 18.9 Å². The highest BCUT2D eigenvalue weighted by atomic mass is 19.4. The summed E-state index contributed by atoms with van der Waals surface area (Å²) in [6.07, 6.45) is -3.10. The molecule has 0 unspecified atom stereocenters. The van der Waals surface area contributed by atoms with Gasteiger partial charge >= 0.3 is 6.18 Å². The Morgan fingerprint density at radius 1 is 1.24 bits per heavy atom. The zero-order valence-corrected chi connectivity index (χ0v) is 8.81. The van der Waals surface area contributed by atoms with Gasteiger partial charge in [0.15, 0.2) is 0 Å².